The first-order valence-electron chi connectivity index (χ1n) is 14.8. The van der Waals surface area contributed by atoms with Crippen LogP contribution in [0.3, 0.4) is 0 Å². The number of nitrogens with zero attached hydrogens (tertiary/aromatic N) is 2. The molecule has 4 atom stereocenters. The number of fused-ring (bicyclic) bond motifs is 2. The summed E-state index contributed by atoms with van der Waals surface area (Å²) in [6.07, 6.45) is 3.30. The molecule has 0 radical (unpaired) electrons. The molecular formula is C30H35ClN4O7. The SMILES string of the molecule is O=C(NC1CCC(c2ccc(-c3nc4nc(OC5COC6C(O)COC56)[nH]c4cc3Cl)cc2)CC1)OC1CCOCC1. The van der Waals surface area contributed by atoms with Gasteiger partial charge >= 0.3 is 6.09 Å². The Morgan fingerprint density at radius 3 is 2.55 bits per heavy atom. The standard InChI is InChI=1S/C30H35ClN4O7/c31-21-13-22-28(35-29(33-22)42-24-15-40-26-23(36)14-39-27(24)26)34-25(21)18-3-1-16(2-4-18)17-5-7-19(8-6-17)32-30(37)41-20-9-11-38-12-10-20/h1-4,13,17,19-20,23-24,26-27,36H,5-12,14-15H2,(H,32,37)(H,33,34,35). The smallest absolute Gasteiger partial charge is 0.407 e. The van der Waals surface area contributed by atoms with Gasteiger partial charge in [0.15, 0.2) is 11.8 Å². The van der Waals surface area contributed by atoms with E-state index in [1.54, 1.807) is 6.07 Å². The molecule has 1 aliphatic carbocycles. The maximum absolute atomic E-state index is 12.3. The van der Waals surface area contributed by atoms with Gasteiger partial charge in [0.05, 0.1) is 42.7 Å². The number of carbonyl (C=O) groups is 1. The number of H-pyrrole nitrogens is 1. The second kappa shape index (κ2) is 12.0. The molecule has 3 aromatic rings. The summed E-state index contributed by atoms with van der Waals surface area (Å²) in [4.78, 5) is 24.7. The number of halogens is 1. The lowest BCUT2D eigenvalue weighted by Gasteiger charge is -2.30. The molecule has 2 aromatic heterocycles. The third-order valence-corrected chi connectivity index (χ3v) is 9.08. The predicted octanol–water partition coefficient (Wildman–Crippen LogP) is 4.12. The van der Waals surface area contributed by atoms with E-state index in [0.717, 1.165) is 44.1 Å². The molecule has 4 unspecified atom stereocenters. The zero-order chi connectivity index (χ0) is 28.6. The van der Waals surface area contributed by atoms with Crippen LogP contribution in [-0.2, 0) is 18.9 Å². The Morgan fingerprint density at radius 2 is 1.76 bits per heavy atom. The van der Waals surface area contributed by atoms with Crippen LogP contribution >= 0.6 is 11.6 Å². The number of carbonyl (C=O) groups excluding carboxylic acids is 1. The van der Waals surface area contributed by atoms with E-state index in [0.29, 0.717) is 53.6 Å². The Bertz CT molecular complexity index is 1400. The van der Waals surface area contributed by atoms with Gasteiger partial charge in [-0.1, -0.05) is 35.9 Å². The molecule has 0 bridgehead atoms. The summed E-state index contributed by atoms with van der Waals surface area (Å²) in [7, 11) is 0. The van der Waals surface area contributed by atoms with E-state index in [4.69, 9.17) is 40.3 Å². The van der Waals surface area contributed by atoms with Crippen LogP contribution in [0.15, 0.2) is 30.3 Å². The fourth-order valence-corrected chi connectivity index (χ4v) is 6.73. The minimum absolute atomic E-state index is 0.0432. The first kappa shape index (κ1) is 27.8. The Labute approximate surface area is 248 Å². The minimum atomic E-state index is -0.640. The molecule has 7 rings (SSSR count). The van der Waals surface area contributed by atoms with E-state index >= 15 is 0 Å². The van der Waals surface area contributed by atoms with Crippen LogP contribution in [0.1, 0.15) is 50.0 Å². The molecule has 4 aliphatic rings. The van der Waals surface area contributed by atoms with E-state index in [-0.39, 0.29) is 43.2 Å². The quantitative estimate of drug-likeness (QED) is 0.383. The Morgan fingerprint density at radius 1 is 1.00 bits per heavy atom. The number of amides is 1. The molecule has 3 saturated heterocycles. The van der Waals surface area contributed by atoms with Crippen molar-refractivity contribution in [1.29, 1.82) is 0 Å². The molecule has 11 nitrogen and oxygen atoms in total. The van der Waals surface area contributed by atoms with E-state index in [1.807, 2.05) is 12.1 Å². The zero-order valence-corrected chi connectivity index (χ0v) is 23.9. The number of aromatic nitrogens is 3. The summed E-state index contributed by atoms with van der Waals surface area (Å²) in [5.41, 5.74) is 3.99. The average Bonchev–Trinajstić information content (AvgIpc) is 3.70. The second-order valence-electron chi connectivity index (χ2n) is 11.6. The zero-order valence-electron chi connectivity index (χ0n) is 23.2. The molecule has 224 valence electrons. The highest BCUT2D eigenvalue weighted by Gasteiger charge is 2.48. The van der Waals surface area contributed by atoms with Gasteiger partial charge in [-0.2, -0.15) is 4.98 Å². The molecule has 0 spiro atoms. The van der Waals surface area contributed by atoms with Crippen LogP contribution in [-0.4, -0.2) is 89.1 Å². The van der Waals surface area contributed by atoms with Crippen molar-refractivity contribution in [2.75, 3.05) is 26.4 Å². The van der Waals surface area contributed by atoms with Gasteiger partial charge in [0.1, 0.15) is 24.4 Å². The molecular weight excluding hydrogens is 564 g/mol. The molecule has 3 N–H and O–H groups in total. The van der Waals surface area contributed by atoms with Gasteiger partial charge < -0.3 is 39.1 Å². The maximum atomic E-state index is 12.3. The fraction of sp³-hybridized carbons (Fsp3) is 0.567. The lowest BCUT2D eigenvalue weighted by atomic mass is 9.81. The predicted molar refractivity (Wildman–Crippen MR) is 153 cm³/mol. The Kier molecular flexibility index (Phi) is 7.93. The van der Waals surface area contributed by atoms with Gasteiger partial charge in [0.2, 0.25) is 0 Å². The number of aromatic amines is 1. The number of nitrogens with one attached hydrogen (secondary N) is 2. The van der Waals surface area contributed by atoms with E-state index in [9.17, 15) is 9.90 Å². The molecule has 3 aliphatic heterocycles. The van der Waals surface area contributed by atoms with Gasteiger partial charge in [-0.25, -0.2) is 9.78 Å². The molecule has 1 saturated carbocycles. The van der Waals surface area contributed by atoms with Gasteiger partial charge in [-0.3, -0.25) is 0 Å². The third-order valence-electron chi connectivity index (χ3n) is 8.80. The minimum Gasteiger partial charge on any atom is -0.456 e. The molecule has 1 aromatic carbocycles. The van der Waals surface area contributed by atoms with E-state index < -0.39 is 6.10 Å². The third kappa shape index (κ3) is 5.80. The van der Waals surface area contributed by atoms with Crippen molar-refractivity contribution in [2.45, 2.75) is 81.0 Å². The summed E-state index contributed by atoms with van der Waals surface area (Å²) in [6.45, 7) is 1.85. The highest BCUT2D eigenvalue weighted by atomic mass is 35.5. The number of alkyl carbamates (subject to hydrolysis) is 1. The van der Waals surface area contributed by atoms with Crippen molar-refractivity contribution < 1.29 is 33.6 Å². The van der Waals surface area contributed by atoms with Gasteiger partial charge in [0, 0.05) is 24.4 Å². The van der Waals surface area contributed by atoms with Crippen LogP contribution in [0.5, 0.6) is 6.01 Å². The molecule has 5 heterocycles. The highest BCUT2D eigenvalue weighted by Crippen LogP contribution is 2.36. The average molecular weight is 599 g/mol. The summed E-state index contributed by atoms with van der Waals surface area (Å²) >= 11 is 6.64. The van der Waals surface area contributed by atoms with Gasteiger partial charge in [0.25, 0.3) is 6.01 Å². The second-order valence-corrected chi connectivity index (χ2v) is 12.0. The van der Waals surface area contributed by atoms with Crippen LogP contribution in [0.2, 0.25) is 5.02 Å². The van der Waals surface area contributed by atoms with E-state index in [1.165, 1.54) is 5.56 Å². The number of pyridine rings is 1. The van der Waals surface area contributed by atoms with Crippen molar-refractivity contribution in [2.24, 2.45) is 0 Å². The highest BCUT2D eigenvalue weighted by molar-refractivity contribution is 6.33. The fourth-order valence-electron chi connectivity index (χ4n) is 6.47. The first-order valence-corrected chi connectivity index (χ1v) is 15.2. The molecule has 1 amide bonds. The summed E-state index contributed by atoms with van der Waals surface area (Å²) in [5, 5.41) is 13.5. The lowest BCUT2D eigenvalue weighted by molar-refractivity contribution is 0.000407. The Balaban J connectivity index is 0.958. The van der Waals surface area contributed by atoms with Crippen molar-refractivity contribution in [1.82, 2.24) is 20.3 Å². The summed E-state index contributed by atoms with van der Waals surface area (Å²) in [5.74, 6) is 0.435. The van der Waals surface area contributed by atoms with Crippen LogP contribution in [0, 0.1) is 0 Å². The number of hydrogen-bond donors (Lipinski definition) is 3. The van der Waals surface area contributed by atoms with Crippen molar-refractivity contribution in [3.05, 3.63) is 40.9 Å². The molecule has 12 heteroatoms. The molecule has 4 fully saturated rings. The number of benzene rings is 1. The largest absolute Gasteiger partial charge is 0.456 e. The van der Waals surface area contributed by atoms with Gasteiger partial charge in [-0.05, 0) is 43.2 Å². The van der Waals surface area contributed by atoms with Crippen LogP contribution in [0.25, 0.3) is 22.4 Å². The van der Waals surface area contributed by atoms with Crippen LogP contribution < -0.4 is 10.1 Å². The monoisotopic (exact) mass is 598 g/mol. The topological polar surface area (TPSA) is 137 Å². The normalized spacial score (nSPS) is 29.9. The van der Waals surface area contributed by atoms with Crippen molar-refractivity contribution in [3.63, 3.8) is 0 Å². The number of aliphatic hydroxyl groups excluding tert-OH is 1. The number of imidazole rings is 1. The van der Waals surface area contributed by atoms with Gasteiger partial charge in [-0.15, -0.1) is 0 Å². The van der Waals surface area contributed by atoms with Crippen LogP contribution in [0.4, 0.5) is 4.79 Å². The number of hydrogen-bond acceptors (Lipinski definition) is 9. The number of aliphatic hydroxyl groups is 1. The summed E-state index contributed by atoms with van der Waals surface area (Å²) in [6, 6.07) is 10.6. The number of rotatable bonds is 6. The Hall–Kier alpha value is -2.96. The summed E-state index contributed by atoms with van der Waals surface area (Å²) < 4.78 is 28.2. The molecule has 42 heavy (non-hydrogen) atoms. The van der Waals surface area contributed by atoms with Crippen molar-refractivity contribution in [3.8, 4) is 17.3 Å². The first-order chi connectivity index (χ1) is 20.5. The van der Waals surface area contributed by atoms with E-state index in [2.05, 4.69) is 27.4 Å². The maximum Gasteiger partial charge on any atom is 0.407 e. The number of ether oxygens (including phenoxy) is 5. The lowest BCUT2D eigenvalue weighted by Crippen LogP contribution is -2.40. The van der Waals surface area contributed by atoms with Crippen molar-refractivity contribution >= 4 is 28.9 Å².